The molecule has 0 fully saturated rings. The maximum absolute atomic E-state index is 13.4. The molecule has 0 bridgehead atoms. The lowest BCUT2D eigenvalue weighted by molar-refractivity contribution is -0.143. The number of likely N-dealkylation sites (N-methyl/N-ethyl adjacent to an activating group) is 1. The van der Waals surface area contributed by atoms with Gasteiger partial charge in [-0.2, -0.15) is 26.3 Å². The summed E-state index contributed by atoms with van der Waals surface area (Å²) in [5.41, 5.74) is -3.10. The Morgan fingerprint density at radius 2 is 1.49 bits per heavy atom. The molecule has 2 amide bonds. The van der Waals surface area contributed by atoms with Crippen molar-refractivity contribution in [1.29, 1.82) is 0 Å². The number of nitrogens with zero attached hydrogens (tertiary/aromatic N) is 1. The van der Waals surface area contributed by atoms with E-state index in [1.807, 2.05) is 42.5 Å². The van der Waals surface area contributed by atoms with Crippen molar-refractivity contribution in [3.8, 4) is 0 Å². The Morgan fingerprint density at radius 1 is 0.854 bits per heavy atom. The van der Waals surface area contributed by atoms with Gasteiger partial charge in [-0.05, 0) is 66.6 Å². The molecule has 0 aromatic heterocycles. The molecule has 11 heteroatoms. The van der Waals surface area contributed by atoms with Crippen LogP contribution in [0.2, 0.25) is 0 Å². The minimum atomic E-state index is -5.09. The predicted octanol–water partition coefficient (Wildman–Crippen LogP) is 6.62. The maximum atomic E-state index is 13.4. The summed E-state index contributed by atoms with van der Waals surface area (Å²) in [6.45, 7) is 0.453. The summed E-state index contributed by atoms with van der Waals surface area (Å²) in [5, 5.41) is 13.5. The third-order valence-electron chi connectivity index (χ3n) is 6.85. The third kappa shape index (κ3) is 9.21. The highest BCUT2D eigenvalue weighted by Crippen LogP contribution is 2.36. The van der Waals surface area contributed by atoms with E-state index >= 15 is 0 Å². The second kappa shape index (κ2) is 13.8. The summed E-state index contributed by atoms with van der Waals surface area (Å²) in [7, 11) is 1.31. The number of rotatable bonds is 12. The predicted molar refractivity (Wildman–Crippen MR) is 143 cm³/mol. The molecule has 222 valence electrons. The van der Waals surface area contributed by atoms with Gasteiger partial charge < -0.3 is 15.3 Å². The highest BCUT2D eigenvalue weighted by molar-refractivity contribution is 5.95. The van der Waals surface area contributed by atoms with Gasteiger partial charge in [-0.15, -0.1) is 0 Å². The number of nitrogens with one attached hydrogen (secondary N) is 1. The van der Waals surface area contributed by atoms with E-state index < -0.39 is 41.0 Å². The Kier molecular flexibility index (Phi) is 10.8. The molecule has 0 aliphatic rings. The highest BCUT2D eigenvalue weighted by Gasteiger charge is 2.38. The Bertz CT molecular complexity index is 1310. The Labute approximate surface area is 234 Å². The molecule has 3 aromatic rings. The van der Waals surface area contributed by atoms with Crippen LogP contribution in [0.5, 0.6) is 0 Å². The number of fused-ring (bicyclic) bond motifs is 1. The summed E-state index contributed by atoms with van der Waals surface area (Å²) in [6.07, 6.45) is -7.82. The average Bonchev–Trinajstić information content (AvgIpc) is 2.93. The van der Waals surface area contributed by atoms with Crippen molar-refractivity contribution in [2.75, 3.05) is 20.2 Å². The molecule has 1 unspecified atom stereocenters. The molecule has 3 rings (SSSR count). The van der Waals surface area contributed by atoms with E-state index in [4.69, 9.17) is 5.11 Å². The van der Waals surface area contributed by atoms with Gasteiger partial charge in [0, 0.05) is 38.2 Å². The van der Waals surface area contributed by atoms with Gasteiger partial charge in [-0.25, -0.2) is 0 Å². The van der Waals surface area contributed by atoms with E-state index in [1.54, 1.807) is 0 Å². The van der Waals surface area contributed by atoms with Crippen LogP contribution in [0.25, 0.3) is 10.8 Å². The van der Waals surface area contributed by atoms with Crippen LogP contribution < -0.4 is 5.32 Å². The first-order valence-corrected chi connectivity index (χ1v) is 13.2. The van der Waals surface area contributed by atoms with E-state index in [-0.39, 0.29) is 37.8 Å². The van der Waals surface area contributed by atoms with E-state index in [1.165, 1.54) is 7.05 Å². The summed E-state index contributed by atoms with van der Waals surface area (Å²) in [5.74, 6) is -1.31. The van der Waals surface area contributed by atoms with Crippen molar-refractivity contribution in [2.45, 2.75) is 56.9 Å². The van der Waals surface area contributed by atoms with Gasteiger partial charge in [0.25, 0.3) is 5.91 Å². The van der Waals surface area contributed by atoms with Gasteiger partial charge in [0.05, 0.1) is 11.1 Å². The largest absolute Gasteiger partial charge is 0.416 e. The van der Waals surface area contributed by atoms with Crippen molar-refractivity contribution in [2.24, 2.45) is 0 Å². The first-order chi connectivity index (χ1) is 19.3. The minimum Gasteiger partial charge on any atom is -0.396 e. The molecular weight excluding hydrogens is 550 g/mol. The first-order valence-electron chi connectivity index (χ1n) is 13.2. The zero-order valence-electron chi connectivity index (χ0n) is 22.5. The van der Waals surface area contributed by atoms with E-state index in [0.717, 1.165) is 27.7 Å². The van der Waals surface area contributed by atoms with Crippen LogP contribution in [-0.4, -0.2) is 48.1 Å². The monoisotopic (exact) mass is 582 g/mol. The first kappa shape index (κ1) is 31.9. The van der Waals surface area contributed by atoms with Crippen LogP contribution in [0.3, 0.4) is 0 Å². The molecule has 3 aromatic carbocycles. The van der Waals surface area contributed by atoms with Crippen molar-refractivity contribution >= 4 is 22.6 Å². The van der Waals surface area contributed by atoms with E-state index in [0.29, 0.717) is 31.5 Å². The molecule has 5 nitrogen and oxygen atoms in total. The van der Waals surface area contributed by atoms with Crippen LogP contribution in [0.1, 0.15) is 59.2 Å². The number of alkyl halides is 6. The van der Waals surface area contributed by atoms with Gasteiger partial charge in [0.15, 0.2) is 0 Å². The fourth-order valence-corrected chi connectivity index (χ4v) is 4.55. The number of hydrogen-bond donors (Lipinski definition) is 2. The molecule has 0 aliphatic carbocycles. The number of carbonyl (C=O) groups excluding carboxylic acids is 2. The lowest BCUT2D eigenvalue weighted by Crippen LogP contribution is -2.40. The topological polar surface area (TPSA) is 69.6 Å². The standard InChI is InChI=1S/C30H32F6N2O3/c1-38(28(41)23-17-24(29(31,32)33)19-25(18-23)30(34,35)36)26(11-12-27(40)37-13-5-2-6-14-39)16-20-9-10-21-7-3-4-8-22(21)15-20/h3-4,7-10,15,17-19,26,39H,2,5-6,11-14,16H2,1H3,(H,37,40). The summed E-state index contributed by atoms with van der Waals surface area (Å²) < 4.78 is 80.4. The zero-order chi connectivity index (χ0) is 30.2. The average molecular weight is 583 g/mol. The smallest absolute Gasteiger partial charge is 0.396 e. The molecule has 0 saturated carbocycles. The number of halogens is 6. The molecular formula is C30H32F6N2O3. The van der Waals surface area contributed by atoms with Gasteiger partial charge in [0.1, 0.15) is 0 Å². The van der Waals surface area contributed by atoms with Crippen LogP contribution in [0.4, 0.5) is 26.3 Å². The molecule has 1 atom stereocenters. The highest BCUT2D eigenvalue weighted by atomic mass is 19.4. The van der Waals surface area contributed by atoms with Crippen molar-refractivity contribution < 1.29 is 41.0 Å². The van der Waals surface area contributed by atoms with Crippen molar-refractivity contribution in [3.05, 3.63) is 82.9 Å². The van der Waals surface area contributed by atoms with E-state index in [2.05, 4.69) is 5.32 Å². The fourth-order valence-electron chi connectivity index (χ4n) is 4.55. The van der Waals surface area contributed by atoms with Crippen LogP contribution in [0.15, 0.2) is 60.7 Å². The van der Waals surface area contributed by atoms with Gasteiger partial charge in [-0.1, -0.05) is 42.5 Å². The number of hydrogen-bond acceptors (Lipinski definition) is 3. The van der Waals surface area contributed by atoms with Gasteiger partial charge in [0.2, 0.25) is 5.91 Å². The molecule has 41 heavy (non-hydrogen) atoms. The van der Waals surface area contributed by atoms with Crippen LogP contribution >= 0.6 is 0 Å². The molecule has 0 heterocycles. The van der Waals surface area contributed by atoms with Crippen molar-refractivity contribution in [1.82, 2.24) is 10.2 Å². The number of aliphatic hydroxyl groups excluding tert-OH is 1. The molecule has 2 N–H and O–H groups in total. The summed E-state index contributed by atoms with van der Waals surface area (Å²) >= 11 is 0. The van der Waals surface area contributed by atoms with E-state index in [9.17, 15) is 35.9 Å². The fraction of sp³-hybridized carbons (Fsp3) is 0.400. The number of carbonyl (C=O) groups is 2. The Morgan fingerprint density at radius 3 is 2.10 bits per heavy atom. The number of benzene rings is 3. The molecule has 0 radical (unpaired) electrons. The molecule has 0 spiro atoms. The second-order valence-corrected chi connectivity index (χ2v) is 9.92. The van der Waals surface area contributed by atoms with Gasteiger partial charge >= 0.3 is 12.4 Å². The quantitative estimate of drug-likeness (QED) is 0.186. The zero-order valence-corrected chi connectivity index (χ0v) is 22.5. The number of unbranched alkanes of at least 4 members (excludes halogenated alkanes) is 2. The summed E-state index contributed by atoms with van der Waals surface area (Å²) in [4.78, 5) is 26.9. The van der Waals surface area contributed by atoms with Gasteiger partial charge in [-0.3, -0.25) is 9.59 Å². The third-order valence-corrected chi connectivity index (χ3v) is 6.85. The number of amides is 2. The summed E-state index contributed by atoms with van der Waals surface area (Å²) in [6, 6.07) is 13.3. The normalized spacial score (nSPS) is 12.8. The minimum absolute atomic E-state index is 0.00768. The number of aliphatic hydroxyl groups is 1. The Hall–Kier alpha value is -3.60. The molecule has 0 saturated heterocycles. The van der Waals surface area contributed by atoms with Crippen LogP contribution in [0, 0.1) is 0 Å². The maximum Gasteiger partial charge on any atom is 0.416 e. The Balaban J connectivity index is 1.86. The molecule has 0 aliphatic heterocycles. The van der Waals surface area contributed by atoms with Crippen LogP contribution in [-0.2, 0) is 23.6 Å². The SMILES string of the molecule is CN(C(=O)c1cc(C(F)(F)F)cc(C(F)(F)F)c1)C(CCC(=O)NCCCCCO)Cc1ccc2ccccc2c1. The van der Waals surface area contributed by atoms with Crippen molar-refractivity contribution in [3.63, 3.8) is 0 Å². The lowest BCUT2D eigenvalue weighted by atomic mass is 9.97. The lowest BCUT2D eigenvalue weighted by Gasteiger charge is -2.29. The second-order valence-electron chi connectivity index (χ2n) is 9.92.